The summed E-state index contributed by atoms with van der Waals surface area (Å²) in [6, 6.07) is 9.07. The number of hydrogen-bond acceptors (Lipinski definition) is 6. The van der Waals surface area contributed by atoms with Gasteiger partial charge in [0, 0.05) is 31.5 Å². The van der Waals surface area contributed by atoms with Crippen LogP contribution in [0.25, 0.3) is 0 Å². The van der Waals surface area contributed by atoms with Crippen LogP contribution in [-0.4, -0.2) is 48.8 Å². The summed E-state index contributed by atoms with van der Waals surface area (Å²) in [5.74, 6) is 0.325. The van der Waals surface area contributed by atoms with Crippen molar-refractivity contribution in [3.05, 3.63) is 60.4 Å². The van der Waals surface area contributed by atoms with Crippen LogP contribution < -0.4 is 5.32 Å². The summed E-state index contributed by atoms with van der Waals surface area (Å²) in [7, 11) is 0. The zero-order valence-corrected chi connectivity index (χ0v) is 14.0. The molecule has 0 aliphatic carbocycles. The standard InChI is InChI=1S/C17H19N7O2/c25-17(15-13(6-9-26-15)10-24-8-7-18-11-24)19-14(16-20-22-23-21-16)12-4-2-1-3-5-12/h1-5,7-8,11,13-15H,6,9-10H2,(H,19,25)(H,20,21,22,23)/t13-,14?,15-/m1/s1. The number of ether oxygens (including phenoxy) is 1. The van der Waals surface area contributed by atoms with E-state index in [4.69, 9.17) is 4.74 Å². The Hall–Kier alpha value is -3.07. The highest BCUT2D eigenvalue weighted by Gasteiger charge is 2.36. The van der Waals surface area contributed by atoms with Crippen LogP contribution in [0, 0.1) is 5.92 Å². The lowest BCUT2D eigenvalue weighted by Crippen LogP contribution is -2.41. The van der Waals surface area contributed by atoms with E-state index in [1.807, 2.05) is 41.1 Å². The van der Waals surface area contributed by atoms with E-state index in [9.17, 15) is 4.79 Å². The number of amides is 1. The molecule has 1 amide bonds. The van der Waals surface area contributed by atoms with E-state index in [0.29, 0.717) is 19.0 Å². The monoisotopic (exact) mass is 353 g/mol. The first kappa shape index (κ1) is 16.4. The van der Waals surface area contributed by atoms with E-state index in [0.717, 1.165) is 12.0 Å². The van der Waals surface area contributed by atoms with Gasteiger partial charge in [0.25, 0.3) is 0 Å². The van der Waals surface area contributed by atoms with Crippen molar-refractivity contribution in [3.63, 3.8) is 0 Å². The van der Waals surface area contributed by atoms with Crippen LogP contribution >= 0.6 is 0 Å². The van der Waals surface area contributed by atoms with E-state index in [1.165, 1.54) is 0 Å². The second-order valence-electron chi connectivity index (χ2n) is 6.22. The highest BCUT2D eigenvalue weighted by molar-refractivity contribution is 5.82. The first-order valence-corrected chi connectivity index (χ1v) is 8.47. The summed E-state index contributed by atoms with van der Waals surface area (Å²) in [4.78, 5) is 17.0. The number of rotatable bonds is 6. The first-order valence-electron chi connectivity index (χ1n) is 8.47. The molecule has 134 valence electrons. The Morgan fingerprint density at radius 1 is 1.38 bits per heavy atom. The van der Waals surface area contributed by atoms with Crippen molar-refractivity contribution in [3.8, 4) is 0 Å². The van der Waals surface area contributed by atoms with Crippen LogP contribution in [0.1, 0.15) is 23.9 Å². The highest BCUT2D eigenvalue weighted by Crippen LogP contribution is 2.25. The van der Waals surface area contributed by atoms with Gasteiger partial charge < -0.3 is 14.6 Å². The number of carbonyl (C=O) groups is 1. The van der Waals surface area contributed by atoms with Gasteiger partial charge in [0.2, 0.25) is 11.7 Å². The molecule has 3 atom stereocenters. The van der Waals surface area contributed by atoms with E-state index >= 15 is 0 Å². The molecule has 9 nitrogen and oxygen atoms in total. The van der Waals surface area contributed by atoms with Gasteiger partial charge in [-0.05, 0) is 12.0 Å². The Labute approximate surface area is 149 Å². The molecule has 9 heteroatoms. The zero-order chi connectivity index (χ0) is 17.8. The van der Waals surface area contributed by atoms with Crippen molar-refractivity contribution in [2.45, 2.75) is 25.1 Å². The molecule has 1 aromatic carbocycles. The van der Waals surface area contributed by atoms with Gasteiger partial charge in [0.05, 0.1) is 6.33 Å². The SMILES string of the molecule is O=C(NC(c1ccccc1)c1nn[nH]n1)[C@@H]1OCC[C@@H]1Cn1ccnc1. The van der Waals surface area contributed by atoms with Gasteiger partial charge in [-0.2, -0.15) is 5.21 Å². The van der Waals surface area contributed by atoms with E-state index < -0.39 is 12.1 Å². The number of benzene rings is 1. The molecule has 2 N–H and O–H groups in total. The van der Waals surface area contributed by atoms with Gasteiger partial charge in [0.15, 0.2) is 0 Å². The van der Waals surface area contributed by atoms with Gasteiger partial charge in [-0.3, -0.25) is 4.79 Å². The van der Waals surface area contributed by atoms with Gasteiger partial charge in [-0.1, -0.05) is 35.5 Å². The number of H-pyrrole nitrogens is 1. The molecule has 4 rings (SSSR count). The average molecular weight is 353 g/mol. The summed E-state index contributed by atoms with van der Waals surface area (Å²) in [6.45, 7) is 1.26. The maximum absolute atomic E-state index is 12.9. The van der Waals surface area contributed by atoms with Crippen LogP contribution in [0.3, 0.4) is 0 Å². The number of aromatic amines is 1. The van der Waals surface area contributed by atoms with Crippen molar-refractivity contribution in [1.29, 1.82) is 0 Å². The summed E-state index contributed by atoms with van der Waals surface area (Å²) in [5, 5.41) is 17.1. The minimum absolute atomic E-state index is 0.0888. The Morgan fingerprint density at radius 2 is 2.27 bits per heavy atom. The van der Waals surface area contributed by atoms with Gasteiger partial charge in [-0.25, -0.2) is 4.98 Å². The quantitative estimate of drug-likeness (QED) is 0.675. The zero-order valence-electron chi connectivity index (χ0n) is 14.0. The van der Waals surface area contributed by atoms with E-state index in [-0.39, 0.29) is 11.8 Å². The van der Waals surface area contributed by atoms with Crippen LogP contribution in [0.5, 0.6) is 0 Å². The maximum atomic E-state index is 12.9. The fraction of sp³-hybridized carbons (Fsp3) is 0.353. The fourth-order valence-electron chi connectivity index (χ4n) is 3.23. The average Bonchev–Trinajstić information content (AvgIpc) is 3.43. The molecule has 26 heavy (non-hydrogen) atoms. The van der Waals surface area contributed by atoms with Crippen molar-refractivity contribution < 1.29 is 9.53 Å². The van der Waals surface area contributed by atoms with Crippen LogP contribution in [-0.2, 0) is 16.1 Å². The van der Waals surface area contributed by atoms with E-state index in [1.54, 1.807) is 12.5 Å². The van der Waals surface area contributed by atoms with Crippen molar-refractivity contribution >= 4 is 5.91 Å². The molecular formula is C17H19N7O2. The molecule has 2 aromatic heterocycles. The van der Waals surface area contributed by atoms with Gasteiger partial charge in [0.1, 0.15) is 12.1 Å². The molecule has 3 heterocycles. The third-order valence-corrected chi connectivity index (χ3v) is 4.52. The molecule has 0 radical (unpaired) electrons. The lowest BCUT2D eigenvalue weighted by atomic mass is 9.99. The Balaban J connectivity index is 1.51. The maximum Gasteiger partial charge on any atom is 0.250 e. The van der Waals surface area contributed by atoms with Crippen LogP contribution in [0.2, 0.25) is 0 Å². The minimum atomic E-state index is -0.518. The topological polar surface area (TPSA) is 111 Å². The molecular weight excluding hydrogens is 334 g/mol. The molecule has 0 saturated carbocycles. The fourth-order valence-corrected chi connectivity index (χ4v) is 3.23. The predicted molar refractivity (Wildman–Crippen MR) is 90.7 cm³/mol. The molecule has 3 aromatic rings. The highest BCUT2D eigenvalue weighted by atomic mass is 16.5. The third kappa shape index (κ3) is 3.47. The van der Waals surface area contributed by atoms with E-state index in [2.05, 4.69) is 30.9 Å². The second-order valence-corrected chi connectivity index (χ2v) is 6.22. The lowest BCUT2D eigenvalue weighted by molar-refractivity contribution is -0.132. The number of hydrogen-bond donors (Lipinski definition) is 2. The van der Waals surface area contributed by atoms with Crippen molar-refractivity contribution in [2.75, 3.05) is 6.61 Å². The van der Waals surface area contributed by atoms with Gasteiger partial charge in [-0.15, -0.1) is 10.2 Å². The van der Waals surface area contributed by atoms with Crippen LogP contribution in [0.15, 0.2) is 49.1 Å². The number of aromatic nitrogens is 6. The summed E-state index contributed by atoms with van der Waals surface area (Å²) >= 11 is 0. The number of tetrazole rings is 1. The normalized spacial score (nSPS) is 20.8. The van der Waals surface area contributed by atoms with Crippen molar-refractivity contribution in [1.82, 2.24) is 35.5 Å². The predicted octanol–water partition coefficient (Wildman–Crippen LogP) is 0.707. The summed E-state index contributed by atoms with van der Waals surface area (Å²) in [5.41, 5.74) is 0.881. The molecule has 0 spiro atoms. The number of nitrogens with one attached hydrogen (secondary N) is 2. The molecule has 1 unspecified atom stereocenters. The molecule has 1 fully saturated rings. The van der Waals surface area contributed by atoms with Gasteiger partial charge >= 0.3 is 0 Å². The molecule has 1 aliphatic heterocycles. The molecule has 0 bridgehead atoms. The lowest BCUT2D eigenvalue weighted by Gasteiger charge is -2.22. The first-order chi connectivity index (χ1) is 12.8. The number of nitrogens with zero attached hydrogens (tertiary/aromatic N) is 5. The Kier molecular flexibility index (Phi) is 4.69. The number of carbonyl (C=O) groups excluding carboxylic acids is 1. The number of imidazole rings is 1. The molecule has 1 aliphatic rings. The molecule has 1 saturated heterocycles. The van der Waals surface area contributed by atoms with Crippen LogP contribution in [0.4, 0.5) is 0 Å². The minimum Gasteiger partial charge on any atom is -0.368 e. The largest absolute Gasteiger partial charge is 0.368 e. The third-order valence-electron chi connectivity index (χ3n) is 4.52. The smallest absolute Gasteiger partial charge is 0.250 e. The summed E-state index contributed by atoms with van der Waals surface area (Å²) in [6.07, 6.45) is 5.68. The Morgan fingerprint density at radius 3 is 3.00 bits per heavy atom. The van der Waals surface area contributed by atoms with Crippen molar-refractivity contribution in [2.24, 2.45) is 5.92 Å². The summed E-state index contributed by atoms with van der Waals surface area (Å²) < 4.78 is 7.69. The second kappa shape index (κ2) is 7.44. The Bertz CT molecular complexity index is 820.